The molecule has 0 aromatic heterocycles. The summed E-state index contributed by atoms with van der Waals surface area (Å²) in [5.74, 6) is 0.519. The molecule has 4 heteroatoms. The summed E-state index contributed by atoms with van der Waals surface area (Å²) in [4.78, 5) is 16.7. The summed E-state index contributed by atoms with van der Waals surface area (Å²) >= 11 is 0. The lowest BCUT2D eigenvalue weighted by molar-refractivity contribution is -1.05. The van der Waals surface area contributed by atoms with Crippen LogP contribution in [0.3, 0.4) is 0 Å². The molecule has 0 spiro atoms. The number of carbonyl (C=O) groups is 1. The number of Topliss-reactive ketones (excluding diaryl/α,β-unsaturated/α-hetero) is 1. The fourth-order valence-corrected chi connectivity index (χ4v) is 2.39. The van der Waals surface area contributed by atoms with E-state index in [-0.39, 0.29) is 17.1 Å². The molecule has 0 aliphatic heterocycles. The highest BCUT2D eigenvalue weighted by atomic mass is 16.9. The Morgan fingerprint density at radius 3 is 2.88 bits per heavy atom. The summed E-state index contributed by atoms with van der Waals surface area (Å²) < 4.78 is 0. The van der Waals surface area contributed by atoms with Crippen LogP contribution >= 0.6 is 0 Å². The molecule has 0 aromatic carbocycles. The van der Waals surface area contributed by atoms with Crippen molar-refractivity contribution in [3.63, 3.8) is 0 Å². The summed E-state index contributed by atoms with van der Waals surface area (Å²) in [7, 11) is 0. The molecular weight excluding hydrogens is 218 g/mol. The van der Waals surface area contributed by atoms with E-state index in [1.165, 1.54) is 0 Å². The number of rotatable bonds is 7. The maximum Gasteiger partial charge on any atom is 0.136 e. The first kappa shape index (κ1) is 14.4. The van der Waals surface area contributed by atoms with E-state index in [9.17, 15) is 10.0 Å². The minimum Gasteiger partial charge on any atom is -0.600 e. The maximum atomic E-state index is 11.7. The van der Waals surface area contributed by atoms with Gasteiger partial charge in [0.25, 0.3) is 0 Å². The molecule has 17 heavy (non-hydrogen) atoms. The predicted molar refractivity (Wildman–Crippen MR) is 66.1 cm³/mol. The zero-order valence-electron chi connectivity index (χ0n) is 10.8. The molecule has 1 N–H and O–H groups in total. The highest BCUT2D eigenvalue weighted by Gasteiger charge is 2.35. The lowest BCUT2D eigenvalue weighted by atomic mass is 9.92. The van der Waals surface area contributed by atoms with Crippen LogP contribution in [0, 0.1) is 17.0 Å². The molecule has 0 heterocycles. The minimum absolute atomic E-state index is 0.0298. The monoisotopic (exact) mass is 241 g/mol. The molecule has 0 bridgehead atoms. The molecule has 3 unspecified atom stereocenters. The van der Waals surface area contributed by atoms with Crippen LogP contribution in [-0.2, 0) is 9.63 Å². The van der Waals surface area contributed by atoms with Crippen molar-refractivity contribution in [3.05, 3.63) is 17.4 Å². The van der Waals surface area contributed by atoms with Gasteiger partial charge >= 0.3 is 0 Å². The van der Waals surface area contributed by atoms with Gasteiger partial charge in [0.2, 0.25) is 0 Å². The molecular formula is C13H23NO3. The lowest BCUT2D eigenvalue weighted by Gasteiger charge is -2.24. The van der Waals surface area contributed by atoms with Crippen molar-refractivity contribution in [2.45, 2.75) is 39.5 Å². The van der Waals surface area contributed by atoms with Crippen LogP contribution in [0.15, 0.2) is 12.2 Å². The van der Waals surface area contributed by atoms with E-state index in [1.807, 2.05) is 0 Å². The average Bonchev–Trinajstić information content (AvgIpc) is 2.62. The summed E-state index contributed by atoms with van der Waals surface area (Å²) in [6, 6.07) is 0. The molecule has 0 saturated heterocycles. The molecule has 4 nitrogen and oxygen atoms in total. The van der Waals surface area contributed by atoms with Crippen LogP contribution in [-0.4, -0.2) is 18.9 Å². The van der Waals surface area contributed by atoms with Crippen LogP contribution in [0.2, 0.25) is 0 Å². The van der Waals surface area contributed by atoms with E-state index in [2.05, 4.69) is 19.1 Å². The first-order valence-electron chi connectivity index (χ1n) is 6.52. The number of ketones is 1. The van der Waals surface area contributed by atoms with Gasteiger partial charge in [-0.3, -0.25) is 4.79 Å². The number of hydrogen-bond donors (Lipinski definition) is 1. The molecule has 1 aliphatic carbocycles. The van der Waals surface area contributed by atoms with Crippen molar-refractivity contribution in [2.75, 3.05) is 13.2 Å². The fourth-order valence-electron chi connectivity index (χ4n) is 2.39. The smallest absolute Gasteiger partial charge is 0.136 e. The average molecular weight is 241 g/mol. The van der Waals surface area contributed by atoms with E-state index in [4.69, 9.17) is 4.84 Å². The number of quaternary nitrogens is 1. The Kier molecular flexibility index (Phi) is 6.40. The minimum atomic E-state index is -0.170. The first-order chi connectivity index (χ1) is 8.19. The van der Waals surface area contributed by atoms with Gasteiger partial charge in [-0.25, -0.2) is 10.1 Å². The third kappa shape index (κ3) is 4.58. The molecule has 1 fully saturated rings. The summed E-state index contributed by atoms with van der Waals surface area (Å²) in [6.45, 7) is 4.69. The molecule has 0 aromatic rings. The number of hydrogen-bond acceptors (Lipinski definition) is 3. The Bertz CT molecular complexity index is 265. The Hall–Kier alpha value is -0.710. The number of carbonyl (C=O) groups excluding carboxylic acids is 1. The Morgan fingerprint density at radius 1 is 1.47 bits per heavy atom. The zero-order valence-corrected chi connectivity index (χ0v) is 10.8. The van der Waals surface area contributed by atoms with Gasteiger partial charge in [0.1, 0.15) is 18.9 Å². The van der Waals surface area contributed by atoms with Gasteiger partial charge in [-0.2, -0.15) is 0 Å². The van der Waals surface area contributed by atoms with Crippen molar-refractivity contribution >= 4 is 5.78 Å². The normalized spacial score (nSPS) is 26.9. The summed E-state index contributed by atoms with van der Waals surface area (Å²) in [6.07, 6.45) is 7.36. The summed E-state index contributed by atoms with van der Waals surface area (Å²) in [5, 5.41) is 11.3. The topological polar surface area (TPSA) is 53.8 Å². The van der Waals surface area contributed by atoms with Crippen molar-refractivity contribution in [2.24, 2.45) is 11.8 Å². The van der Waals surface area contributed by atoms with E-state index in [0.29, 0.717) is 25.4 Å². The zero-order chi connectivity index (χ0) is 12.7. The second-order valence-corrected chi connectivity index (χ2v) is 4.50. The molecule has 0 amide bonds. The fraction of sp³-hybridized carbons (Fsp3) is 0.769. The Balaban J connectivity index is 2.46. The Labute approximate surface area is 103 Å². The largest absolute Gasteiger partial charge is 0.600 e. The van der Waals surface area contributed by atoms with E-state index < -0.39 is 0 Å². The van der Waals surface area contributed by atoms with E-state index in [1.54, 1.807) is 6.92 Å². The quantitative estimate of drug-likeness (QED) is 0.539. The van der Waals surface area contributed by atoms with Gasteiger partial charge in [-0.05, 0) is 26.2 Å². The third-order valence-corrected chi connectivity index (χ3v) is 3.27. The number of hydroxylamine groups is 2. The van der Waals surface area contributed by atoms with Crippen molar-refractivity contribution in [1.82, 2.24) is 0 Å². The van der Waals surface area contributed by atoms with Gasteiger partial charge in [-0.1, -0.05) is 19.1 Å². The first-order valence-corrected chi connectivity index (χ1v) is 6.52. The number of nitrogens with one attached hydrogen (secondary N) is 1. The molecule has 3 atom stereocenters. The molecule has 98 valence electrons. The van der Waals surface area contributed by atoms with E-state index in [0.717, 1.165) is 19.3 Å². The van der Waals surface area contributed by atoms with Crippen molar-refractivity contribution in [1.29, 1.82) is 0 Å². The molecule has 1 rings (SSSR count). The lowest BCUT2D eigenvalue weighted by Crippen LogP contribution is -3.07. The van der Waals surface area contributed by atoms with Crippen molar-refractivity contribution < 1.29 is 14.9 Å². The van der Waals surface area contributed by atoms with Crippen LogP contribution in [0.1, 0.15) is 39.5 Å². The molecule has 1 aliphatic rings. The van der Waals surface area contributed by atoms with Gasteiger partial charge in [-0.15, -0.1) is 0 Å². The second kappa shape index (κ2) is 7.58. The maximum absolute atomic E-state index is 11.7. The second-order valence-electron chi connectivity index (χ2n) is 4.50. The molecule has 1 saturated carbocycles. The molecule has 0 radical (unpaired) electrons. The Morgan fingerprint density at radius 2 is 2.24 bits per heavy atom. The van der Waals surface area contributed by atoms with Crippen LogP contribution in [0.5, 0.6) is 0 Å². The highest BCUT2D eigenvalue weighted by molar-refractivity contribution is 5.83. The highest BCUT2D eigenvalue weighted by Crippen LogP contribution is 2.30. The van der Waals surface area contributed by atoms with Crippen molar-refractivity contribution in [3.8, 4) is 0 Å². The van der Waals surface area contributed by atoms with Gasteiger partial charge in [0.05, 0.1) is 0 Å². The van der Waals surface area contributed by atoms with Crippen LogP contribution in [0.4, 0.5) is 0 Å². The van der Waals surface area contributed by atoms with Gasteiger partial charge in [0.15, 0.2) is 0 Å². The third-order valence-electron chi connectivity index (χ3n) is 3.27. The van der Waals surface area contributed by atoms with Crippen LogP contribution < -0.4 is 5.23 Å². The van der Waals surface area contributed by atoms with Gasteiger partial charge in [0, 0.05) is 18.3 Å². The van der Waals surface area contributed by atoms with E-state index >= 15 is 0 Å². The standard InChI is InChI=1S/C13H23NO3/c1-3-5-6-7-12-11(8-9-13(12)15)10-14(16)17-4-2/h5-6,11-12,14H,3-4,7-10H2,1-2H3/b6-5+. The predicted octanol–water partition coefficient (Wildman–Crippen LogP) is 1.27. The number of allylic oxidation sites excluding steroid dienone is 2. The van der Waals surface area contributed by atoms with Crippen LogP contribution in [0.25, 0.3) is 0 Å². The SMILES string of the molecule is CC/C=C/CC1C(=O)CCC1C[NH+]([O-])OCC. The van der Waals surface area contributed by atoms with Gasteiger partial charge < -0.3 is 5.21 Å². The summed E-state index contributed by atoms with van der Waals surface area (Å²) in [5.41, 5.74) is 0.